The molecule has 2 aromatic carbocycles. The van der Waals surface area contributed by atoms with E-state index in [0.29, 0.717) is 24.6 Å². The molecule has 0 saturated heterocycles. The predicted octanol–water partition coefficient (Wildman–Crippen LogP) is 4.23. The van der Waals surface area contributed by atoms with E-state index in [1.165, 1.54) is 10.7 Å². The summed E-state index contributed by atoms with van der Waals surface area (Å²) in [7, 11) is 0. The fourth-order valence-electron chi connectivity index (χ4n) is 2.57. The third-order valence-corrected chi connectivity index (χ3v) is 4.34. The van der Waals surface area contributed by atoms with Gasteiger partial charge in [-0.2, -0.15) is 4.98 Å². The highest BCUT2D eigenvalue weighted by molar-refractivity contribution is 6.54. The summed E-state index contributed by atoms with van der Waals surface area (Å²) in [5.41, 5.74) is 1.36. The van der Waals surface area contributed by atoms with Gasteiger partial charge in [0.1, 0.15) is 12.4 Å². The van der Waals surface area contributed by atoms with Crippen molar-refractivity contribution in [3.63, 3.8) is 0 Å². The largest absolute Gasteiger partial charge is 0.460 e. The van der Waals surface area contributed by atoms with Crippen molar-refractivity contribution in [3.05, 3.63) is 54.3 Å². The van der Waals surface area contributed by atoms with Crippen LogP contribution in [-0.4, -0.2) is 45.3 Å². The first-order valence-electron chi connectivity index (χ1n) is 9.11. The topological polar surface area (TPSA) is 78.3 Å². The van der Waals surface area contributed by atoms with E-state index in [4.69, 9.17) is 32.7 Å². The first kappa shape index (κ1) is 22.0. The van der Waals surface area contributed by atoms with Gasteiger partial charge < -0.3 is 14.8 Å². The second kappa shape index (κ2) is 10.4. The molecule has 0 aliphatic rings. The third-order valence-electron chi connectivity index (χ3n) is 3.94. The van der Waals surface area contributed by atoms with Gasteiger partial charge in [0.2, 0.25) is 0 Å². The molecule has 0 atom stereocenters. The van der Waals surface area contributed by atoms with E-state index in [1.54, 1.807) is 42.5 Å². The lowest BCUT2D eigenvalue weighted by Gasteiger charge is -2.09. The summed E-state index contributed by atoms with van der Waals surface area (Å²) in [6, 6.07) is 13.0. The Hall–Kier alpha value is -2.68. The van der Waals surface area contributed by atoms with Crippen LogP contribution in [-0.2, 0) is 9.53 Å². The molecule has 0 aliphatic carbocycles. The maximum Gasteiger partial charge on any atom is 0.336 e. The van der Waals surface area contributed by atoms with E-state index in [9.17, 15) is 9.18 Å². The van der Waals surface area contributed by atoms with Crippen molar-refractivity contribution in [1.82, 2.24) is 14.8 Å². The van der Waals surface area contributed by atoms with Crippen molar-refractivity contribution >= 4 is 34.8 Å². The fraction of sp³-hybridized carbons (Fsp3) is 0.250. The maximum atomic E-state index is 14.4. The number of carbonyl (C=O) groups is 1. The van der Waals surface area contributed by atoms with Crippen LogP contribution in [0.3, 0.4) is 0 Å². The number of aromatic nitrogens is 3. The smallest absolute Gasteiger partial charge is 0.336 e. The number of alkyl halides is 2. The Bertz CT molecular complexity index is 996. The van der Waals surface area contributed by atoms with Crippen LogP contribution in [0.4, 0.5) is 10.1 Å². The first-order chi connectivity index (χ1) is 14.5. The number of anilines is 1. The Balaban J connectivity index is 1.91. The Labute approximate surface area is 182 Å². The zero-order valence-corrected chi connectivity index (χ0v) is 17.5. The van der Waals surface area contributed by atoms with Crippen molar-refractivity contribution in [2.24, 2.45) is 0 Å². The van der Waals surface area contributed by atoms with Gasteiger partial charge in [0, 0.05) is 12.3 Å². The average Bonchev–Trinajstić information content (AvgIpc) is 3.16. The summed E-state index contributed by atoms with van der Waals surface area (Å²) in [6.45, 7) is 3.10. The minimum Gasteiger partial charge on any atom is -0.460 e. The average molecular weight is 453 g/mol. The van der Waals surface area contributed by atoms with Crippen LogP contribution < -0.4 is 10.1 Å². The van der Waals surface area contributed by atoms with Crippen molar-refractivity contribution in [2.45, 2.75) is 11.8 Å². The molecular formula is C20H19Cl2FN4O3. The van der Waals surface area contributed by atoms with Gasteiger partial charge in [-0.25, -0.2) is 9.07 Å². The molecule has 0 spiro atoms. The van der Waals surface area contributed by atoms with E-state index in [2.05, 4.69) is 15.4 Å². The molecule has 3 aromatic rings. The highest BCUT2D eigenvalue weighted by atomic mass is 35.5. The number of halogens is 3. The molecule has 0 bridgehead atoms. The van der Waals surface area contributed by atoms with Gasteiger partial charge in [-0.3, -0.25) is 4.79 Å². The summed E-state index contributed by atoms with van der Waals surface area (Å²) in [4.78, 5) is 14.8. The number of hydrogen-bond donors (Lipinski definition) is 1. The molecule has 7 nitrogen and oxygen atoms in total. The zero-order chi connectivity index (χ0) is 21.5. The number of nitrogens with zero attached hydrogens (tertiary/aromatic N) is 3. The molecule has 1 aromatic heterocycles. The van der Waals surface area contributed by atoms with E-state index >= 15 is 0 Å². The van der Waals surface area contributed by atoms with Gasteiger partial charge >= 0.3 is 6.01 Å². The number of carbonyl (C=O) groups excluding carboxylic acids is 1. The summed E-state index contributed by atoms with van der Waals surface area (Å²) in [5, 5.41) is 6.92. The molecule has 0 aliphatic heterocycles. The molecule has 0 saturated carbocycles. The van der Waals surface area contributed by atoms with Crippen molar-refractivity contribution in [3.8, 4) is 23.1 Å². The van der Waals surface area contributed by atoms with Crippen molar-refractivity contribution in [1.29, 1.82) is 0 Å². The van der Waals surface area contributed by atoms with Gasteiger partial charge in [0.25, 0.3) is 5.91 Å². The lowest BCUT2D eigenvalue weighted by Crippen LogP contribution is -2.18. The van der Waals surface area contributed by atoms with Gasteiger partial charge in [-0.1, -0.05) is 35.3 Å². The Kier molecular flexibility index (Phi) is 7.62. The van der Waals surface area contributed by atoms with Crippen molar-refractivity contribution < 1.29 is 18.7 Å². The molecular weight excluding hydrogens is 434 g/mol. The molecule has 3 rings (SSSR count). The van der Waals surface area contributed by atoms with Crippen LogP contribution in [0.5, 0.6) is 6.01 Å². The van der Waals surface area contributed by atoms with Crippen LogP contribution in [0.15, 0.2) is 48.5 Å². The predicted molar refractivity (Wildman–Crippen MR) is 113 cm³/mol. The summed E-state index contributed by atoms with van der Waals surface area (Å²) >= 11 is 11.1. The zero-order valence-electron chi connectivity index (χ0n) is 16.0. The first-order valence-corrected chi connectivity index (χ1v) is 9.99. The maximum absolute atomic E-state index is 14.4. The highest BCUT2D eigenvalue weighted by Crippen LogP contribution is 2.26. The molecule has 1 heterocycles. The Morgan fingerprint density at radius 3 is 2.57 bits per heavy atom. The van der Waals surface area contributed by atoms with Crippen LogP contribution in [0, 0.1) is 5.82 Å². The number of benzene rings is 2. The number of nitrogens with one attached hydrogen (secondary N) is 1. The number of hydrogen-bond acceptors (Lipinski definition) is 5. The fourth-order valence-corrected chi connectivity index (χ4v) is 2.68. The highest BCUT2D eigenvalue weighted by Gasteiger charge is 2.18. The van der Waals surface area contributed by atoms with Crippen molar-refractivity contribution in [2.75, 3.05) is 25.1 Å². The summed E-state index contributed by atoms with van der Waals surface area (Å²) < 4.78 is 26.6. The molecule has 10 heteroatoms. The second-order valence-electron chi connectivity index (χ2n) is 5.99. The molecule has 1 amide bonds. The van der Waals surface area contributed by atoms with Gasteiger partial charge in [-0.15, -0.1) is 5.10 Å². The quantitative estimate of drug-likeness (QED) is 0.388. The molecule has 0 fully saturated rings. The lowest BCUT2D eigenvalue weighted by molar-refractivity contribution is -0.114. The normalized spacial score (nSPS) is 11.0. The SMILES string of the molecule is CCOCCOc1nc(-c2ccccc2F)n(-c2ccc(NC(=O)C(Cl)Cl)cc2)n1. The van der Waals surface area contributed by atoms with E-state index in [0.717, 1.165) is 0 Å². The third kappa shape index (κ3) is 5.47. The summed E-state index contributed by atoms with van der Waals surface area (Å²) in [5.74, 6) is -0.701. The Morgan fingerprint density at radius 1 is 1.17 bits per heavy atom. The molecule has 158 valence electrons. The molecule has 0 radical (unpaired) electrons. The van der Waals surface area contributed by atoms with Crippen LogP contribution in [0.1, 0.15) is 6.92 Å². The van der Waals surface area contributed by atoms with Crippen LogP contribution in [0.25, 0.3) is 17.1 Å². The summed E-state index contributed by atoms with van der Waals surface area (Å²) in [6.07, 6.45) is 0. The number of amides is 1. The van der Waals surface area contributed by atoms with E-state index in [1.807, 2.05) is 6.92 Å². The van der Waals surface area contributed by atoms with E-state index in [-0.39, 0.29) is 24.0 Å². The minimum atomic E-state index is -1.18. The Morgan fingerprint density at radius 2 is 1.90 bits per heavy atom. The molecule has 1 N–H and O–H groups in total. The van der Waals surface area contributed by atoms with Gasteiger partial charge in [0.15, 0.2) is 10.7 Å². The standard InChI is InChI=1S/C20H19Cl2FN4O3/c1-2-29-11-12-30-20-25-18(15-5-3-4-6-16(15)23)27(26-20)14-9-7-13(8-10-14)24-19(28)17(21)22/h3-10,17H,2,11-12H2,1H3,(H,24,28). The molecule has 30 heavy (non-hydrogen) atoms. The van der Waals surface area contributed by atoms with Crippen LogP contribution >= 0.6 is 23.2 Å². The van der Waals surface area contributed by atoms with E-state index < -0.39 is 16.6 Å². The van der Waals surface area contributed by atoms with Gasteiger partial charge in [-0.05, 0) is 43.3 Å². The second-order valence-corrected chi connectivity index (χ2v) is 7.09. The number of ether oxygens (including phenoxy) is 2. The van der Waals surface area contributed by atoms with Gasteiger partial charge in [0.05, 0.1) is 17.9 Å². The monoisotopic (exact) mass is 452 g/mol. The lowest BCUT2D eigenvalue weighted by atomic mass is 10.2. The molecule has 0 unspecified atom stereocenters. The minimum absolute atomic E-state index is 0.0949. The number of rotatable bonds is 9. The van der Waals surface area contributed by atoms with Crippen LogP contribution in [0.2, 0.25) is 0 Å².